The largest absolute Gasteiger partial charge is 0.469 e. The van der Waals surface area contributed by atoms with E-state index in [1.807, 2.05) is 0 Å². The molecule has 1 aliphatic rings. The molecule has 1 unspecified atom stereocenters. The first kappa shape index (κ1) is 16.0. The fraction of sp³-hybridized carbons (Fsp3) is 0.412. The van der Waals surface area contributed by atoms with E-state index in [0.717, 1.165) is 0 Å². The van der Waals surface area contributed by atoms with Crippen molar-refractivity contribution in [1.82, 2.24) is 19.5 Å². The summed E-state index contributed by atoms with van der Waals surface area (Å²) in [5, 5.41) is 7.78. The molecule has 0 bridgehead atoms. The number of pyridine rings is 1. The van der Waals surface area contributed by atoms with Crippen LogP contribution < -0.4 is 0 Å². The van der Waals surface area contributed by atoms with Gasteiger partial charge in [-0.3, -0.25) is 14.0 Å². The highest BCUT2D eigenvalue weighted by Crippen LogP contribution is 2.35. The molecular weight excluding hydrogens is 308 g/mol. The predicted octanol–water partition coefficient (Wildman–Crippen LogP) is 1.15. The topological polar surface area (TPSA) is 76.8 Å². The number of hydrogen-bond acceptors (Lipinski definition) is 5. The third kappa shape index (κ3) is 2.60. The van der Waals surface area contributed by atoms with E-state index in [1.165, 1.54) is 13.4 Å². The average molecular weight is 326 g/mol. The molecule has 124 valence electrons. The minimum Gasteiger partial charge on any atom is -0.469 e. The zero-order valence-electron chi connectivity index (χ0n) is 13.4. The number of carbonyl (C=O) groups is 2. The van der Waals surface area contributed by atoms with Crippen LogP contribution in [-0.4, -0.2) is 51.6 Å². The van der Waals surface area contributed by atoms with Crippen LogP contribution in [0.15, 0.2) is 24.5 Å². The molecular formula is C17H18N4O3. The molecule has 0 aliphatic carbocycles. The number of methoxy groups -OCH3 is 1. The van der Waals surface area contributed by atoms with E-state index in [-0.39, 0.29) is 24.8 Å². The first-order valence-corrected chi connectivity index (χ1v) is 7.71. The summed E-state index contributed by atoms with van der Waals surface area (Å²) in [5.41, 5.74) is 0.220. The highest BCUT2D eigenvalue weighted by Gasteiger charge is 2.44. The molecule has 0 radical (unpaired) electrons. The highest BCUT2D eigenvalue weighted by molar-refractivity contribution is 5.94. The maximum Gasteiger partial charge on any atom is 0.314 e. The Labute approximate surface area is 139 Å². The number of aromatic nitrogens is 3. The van der Waals surface area contributed by atoms with Crippen molar-refractivity contribution < 1.29 is 14.3 Å². The van der Waals surface area contributed by atoms with Gasteiger partial charge in [-0.1, -0.05) is 6.07 Å². The molecule has 7 heteroatoms. The van der Waals surface area contributed by atoms with Crippen LogP contribution in [0, 0.1) is 17.8 Å². The molecule has 0 saturated carbocycles. The summed E-state index contributed by atoms with van der Waals surface area (Å²) in [6.45, 7) is 0.821. The number of rotatable bonds is 3. The summed E-state index contributed by atoms with van der Waals surface area (Å²) in [6, 6.07) is 5.25. The zero-order valence-corrected chi connectivity index (χ0v) is 13.4. The fourth-order valence-corrected chi connectivity index (χ4v) is 3.29. The van der Waals surface area contributed by atoms with Crippen molar-refractivity contribution in [2.75, 3.05) is 20.2 Å². The lowest BCUT2D eigenvalue weighted by atomic mass is 9.77. The van der Waals surface area contributed by atoms with Gasteiger partial charge in [0.25, 0.3) is 5.91 Å². The van der Waals surface area contributed by atoms with Gasteiger partial charge in [0.1, 0.15) is 12.0 Å². The van der Waals surface area contributed by atoms with Crippen LogP contribution in [0.2, 0.25) is 0 Å². The summed E-state index contributed by atoms with van der Waals surface area (Å²) < 4.78 is 6.58. The van der Waals surface area contributed by atoms with Crippen LogP contribution in [0.3, 0.4) is 0 Å². The third-order valence-electron chi connectivity index (χ3n) is 4.48. The quantitative estimate of drug-likeness (QED) is 0.624. The van der Waals surface area contributed by atoms with Gasteiger partial charge in [0.2, 0.25) is 0 Å². The molecule has 1 saturated heterocycles. The van der Waals surface area contributed by atoms with Crippen molar-refractivity contribution in [1.29, 1.82) is 0 Å². The van der Waals surface area contributed by atoms with Crippen LogP contribution in [0.4, 0.5) is 0 Å². The number of likely N-dealkylation sites (tertiary alicyclic amines) is 1. The van der Waals surface area contributed by atoms with Crippen LogP contribution in [0.5, 0.6) is 0 Å². The van der Waals surface area contributed by atoms with Crippen molar-refractivity contribution >= 4 is 17.5 Å². The normalized spacial score (nSPS) is 20.6. The Hall–Kier alpha value is -2.88. The molecule has 1 amide bonds. The van der Waals surface area contributed by atoms with Crippen LogP contribution in [-0.2, 0) is 9.53 Å². The summed E-state index contributed by atoms with van der Waals surface area (Å²) >= 11 is 0. The Morgan fingerprint density at radius 1 is 1.46 bits per heavy atom. The second kappa shape index (κ2) is 6.32. The van der Waals surface area contributed by atoms with Gasteiger partial charge < -0.3 is 9.64 Å². The monoisotopic (exact) mass is 326 g/mol. The lowest BCUT2D eigenvalue weighted by Crippen LogP contribution is -2.50. The molecule has 2 aromatic heterocycles. The van der Waals surface area contributed by atoms with Crippen LogP contribution in [0.1, 0.15) is 29.8 Å². The molecule has 3 rings (SSSR count). The number of terminal acetylenes is 1. The Bertz CT molecular complexity index is 823. The summed E-state index contributed by atoms with van der Waals surface area (Å²) in [6.07, 6.45) is 8.51. The molecule has 2 aromatic rings. The van der Waals surface area contributed by atoms with Gasteiger partial charge in [0.05, 0.1) is 12.5 Å². The van der Waals surface area contributed by atoms with Crippen molar-refractivity contribution in [3.8, 4) is 12.3 Å². The number of ether oxygens (including phenoxy) is 1. The lowest BCUT2D eigenvalue weighted by molar-refractivity contribution is -0.155. The second-order valence-corrected chi connectivity index (χ2v) is 5.95. The Morgan fingerprint density at radius 3 is 3.04 bits per heavy atom. The molecule has 0 aromatic carbocycles. The average Bonchev–Trinajstić information content (AvgIpc) is 3.09. The number of piperidine rings is 1. The molecule has 1 fully saturated rings. The number of hydrogen-bond donors (Lipinski definition) is 0. The smallest absolute Gasteiger partial charge is 0.314 e. The zero-order chi connectivity index (χ0) is 17.2. The molecule has 1 atom stereocenters. The first-order valence-electron chi connectivity index (χ1n) is 7.71. The van der Waals surface area contributed by atoms with E-state index in [9.17, 15) is 9.59 Å². The maximum absolute atomic E-state index is 13.0. The second-order valence-electron chi connectivity index (χ2n) is 5.95. The van der Waals surface area contributed by atoms with Crippen molar-refractivity contribution in [3.63, 3.8) is 0 Å². The summed E-state index contributed by atoms with van der Waals surface area (Å²) in [7, 11) is 1.35. The first-order chi connectivity index (χ1) is 11.6. The standard InChI is InChI=1S/C17H18N4O3/c1-3-8-17(16(23)24-2)9-5-10-20(11-17)15(22)13-6-4-7-14-19-18-12-21(13)14/h1,4,6-7,12H,5,8-11H2,2H3. The fourth-order valence-electron chi connectivity index (χ4n) is 3.29. The number of carbonyl (C=O) groups excluding carboxylic acids is 2. The van der Waals surface area contributed by atoms with Gasteiger partial charge >= 0.3 is 5.97 Å². The Balaban J connectivity index is 1.91. The van der Waals surface area contributed by atoms with E-state index >= 15 is 0 Å². The molecule has 3 heterocycles. The van der Waals surface area contributed by atoms with E-state index in [1.54, 1.807) is 27.5 Å². The molecule has 7 nitrogen and oxygen atoms in total. The Kier molecular flexibility index (Phi) is 4.21. The summed E-state index contributed by atoms with van der Waals surface area (Å²) in [5.74, 6) is 2.02. The number of fused-ring (bicyclic) bond motifs is 1. The number of nitrogens with zero attached hydrogens (tertiary/aromatic N) is 4. The number of esters is 1. The van der Waals surface area contributed by atoms with Crippen LogP contribution in [0.25, 0.3) is 5.65 Å². The van der Waals surface area contributed by atoms with Crippen LogP contribution >= 0.6 is 0 Å². The van der Waals surface area contributed by atoms with E-state index in [4.69, 9.17) is 11.2 Å². The van der Waals surface area contributed by atoms with Gasteiger partial charge in [-0.2, -0.15) is 0 Å². The van der Waals surface area contributed by atoms with Gasteiger partial charge in [-0.05, 0) is 25.0 Å². The molecule has 0 N–H and O–H groups in total. The molecule has 1 aliphatic heterocycles. The van der Waals surface area contributed by atoms with Crippen molar-refractivity contribution in [2.45, 2.75) is 19.3 Å². The third-order valence-corrected chi connectivity index (χ3v) is 4.48. The van der Waals surface area contributed by atoms with E-state index in [2.05, 4.69) is 16.1 Å². The lowest BCUT2D eigenvalue weighted by Gasteiger charge is -2.39. The maximum atomic E-state index is 13.0. The van der Waals surface area contributed by atoms with Gasteiger partial charge in [0.15, 0.2) is 5.65 Å². The Morgan fingerprint density at radius 2 is 2.29 bits per heavy atom. The van der Waals surface area contributed by atoms with Crippen molar-refractivity contribution in [2.24, 2.45) is 5.41 Å². The van der Waals surface area contributed by atoms with Gasteiger partial charge in [0, 0.05) is 19.5 Å². The number of amides is 1. The predicted molar refractivity (Wildman–Crippen MR) is 86.0 cm³/mol. The minimum atomic E-state index is -0.835. The highest BCUT2D eigenvalue weighted by atomic mass is 16.5. The summed E-state index contributed by atoms with van der Waals surface area (Å²) in [4.78, 5) is 26.9. The molecule has 0 spiro atoms. The SMILES string of the molecule is C#CCC1(C(=O)OC)CCCN(C(=O)c2cccc3nncn23)C1. The van der Waals surface area contributed by atoms with E-state index < -0.39 is 5.41 Å². The van der Waals surface area contributed by atoms with E-state index in [0.29, 0.717) is 30.7 Å². The molecule has 24 heavy (non-hydrogen) atoms. The van der Waals surface area contributed by atoms with Gasteiger partial charge in [-0.15, -0.1) is 22.5 Å². The van der Waals surface area contributed by atoms with Crippen molar-refractivity contribution in [3.05, 3.63) is 30.2 Å². The van der Waals surface area contributed by atoms with Gasteiger partial charge in [-0.25, -0.2) is 0 Å². The minimum absolute atomic E-state index is 0.176.